The summed E-state index contributed by atoms with van der Waals surface area (Å²) >= 11 is 0. The summed E-state index contributed by atoms with van der Waals surface area (Å²) in [6.07, 6.45) is 0. The minimum absolute atomic E-state index is 0.0292. The summed E-state index contributed by atoms with van der Waals surface area (Å²) in [7, 11) is 0. The summed E-state index contributed by atoms with van der Waals surface area (Å²) in [5, 5.41) is 5.51. The molecule has 0 saturated carbocycles. The lowest BCUT2D eigenvalue weighted by molar-refractivity contribution is 0.588. The third kappa shape index (κ3) is 4.78. The Morgan fingerprint density at radius 3 is 1.63 bits per heavy atom. The summed E-state index contributed by atoms with van der Waals surface area (Å²) in [6.45, 7) is 33.4. The standard InChI is InChI=1S/C62H61BN2/c1-33(2)34-19-21-40-39-17-15-16-18-45(39)62(47(40)25-34)46-22-24-52-53-57(46)65-54-43(27-36(30-48(54)62)59(6,7)8)44-29-38(61(12,13)14)32-50(56(44)65)63(53)49-31-37(60(9,10)11)28-42-41-26-35(58(3,4)5)20-23-51(41)64(52)55(42)49/h15-33H,1-14H3. The predicted octanol–water partition coefficient (Wildman–Crippen LogP) is 14.0. The van der Waals surface area contributed by atoms with Crippen molar-refractivity contribution in [1.82, 2.24) is 9.13 Å². The number of nitrogens with zero attached hydrogens (tertiary/aromatic N) is 2. The van der Waals surface area contributed by atoms with E-state index in [1.807, 2.05) is 0 Å². The van der Waals surface area contributed by atoms with Crippen molar-refractivity contribution in [3.63, 3.8) is 0 Å². The highest BCUT2D eigenvalue weighted by Crippen LogP contribution is 2.62. The van der Waals surface area contributed by atoms with E-state index in [9.17, 15) is 0 Å². The first kappa shape index (κ1) is 39.6. The summed E-state index contributed by atoms with van der Waals surface area (Å²) < 4.78 is 5.47. The van der Waals surface area contributed by atoms with Crippen LogP contribution in [0.1, 0.15) is 153 Å². The van der Waals surface area contributed by atoms with Crippen LogP contribution in [0, 0.1) is 0 Å². The van der Waals surface area contributed by atoms with Crippen molar-refractivity contribution in [2.75, 3.05) is 0 Å². The van der Waals surface area contributed by atoms with Crippen LogP contribution in [0.15, 0.2) is 109 Å². The molecule has 0 N–H and O–H groups in total. The van der Waals surface area contributed by atoms with E-state index in [1.165, 1.54) is 133 Å². The average molecular weight is 845 g/mol. The van der Waals surface area contributed by atoms with Gasteiger partial charge in [0.15, 0.2) is 0 Å². The molecule has 2 aromatic heterocycles. The highest BCUT2D eigenvalue weighted by atomic mass is 15.1. The van der Waals surface area contributed by atoms with E-state index < -0.39 is 5.41 Å². The Morgan fingerprint density at radius 1 is 0.446 bits per heavy atom. The van der Waals surface area contributed by atoms with Crippen LogP contribution in [0.5, 0.6) is 0 Å². The smallest absolute Gasteiger partial charge is 0.252 e. The van der Waals surface area contributed by atoms with Gasteiger partial charge in [0.25, 0.3) is 6.71 Å². The van der Waals surface area contributed by atoms with Gasteiger partial charge in [0.05, 0.1) is 16.4 Å². The van der Waals surface area contributed by atoms with Crippen LogP contribution < -0.4 is 16.4 Å². The second kappa shape index (κ2) is 12.0. The van der Waals surface area contributed by atoms with Gasteiger partial charge in [-0.2, -0.15) is 0 Å². The van der Waals surface area contributed by atoms with E-state index >= 15 is 0 Å². The largest absolute Gasteiger partial charge is 0.310 e. The minimum Gasteiger partial charge on any atom is -0.310 e. The van der Waals surface area contributed by atoms with E-state index in [2.05, 4.69) is 215 Å². The van der Waals surface area contributed by atoms with Gasteiger partial charge >= 0.3 is 0 Å². The van der Waals surface area contributed by atoms with Crippen molar-refractivity contribution in [3.8, 4) is 22.5 Å². The van der Waals surface area contributed by atoms with Crippen LogP contribution in [0.2, 0.25) is 0 Å². The zero-order valence-electron chi connectivity index (χ0n) is 40.9. The molecule has 0 fully saturated rings. The lowest BCUT2D eigenvalue weighted by Gasteiger charge is -2.44. The van der Waals surface area contributed by atoms with Crippen molar-refractivity contribution in [1.29, 1.82) is 0 Å². The van der Waals surface area contributed by atoms with Crippen LogP contribution in [-0.2, 0) is 27.1 Å². The molecule has 13 rings (SSSR count). The van der Waals surface area contributed by atoms with Crippen molar-refractivity contribution in [2.24, 2.45) is 0 Å². The summed E-state index contributed by atoms with van der Waals surface area (Å²) in [6, 6.07) is 44.9. The first-order valence-electron chi connectivity index (χ1n) is 24.3. The average Bonchev–Trinajstić information content (AvgIpc) is 3.86. The minimum atomic E-state index is -0.525. The van der Waals surface area contributed by atoms with Crippen molar-refractivity contribution in [2.45, 2.75) is 130 Å². The Labute approximate surface area is 385 Å². The molecule has 1 atom stereocenters. The molecular formula is C62H61BN2. The summed E-state index contributed by atoms with van der Waals surface area (Å²) in [5.74, 6) is 0.401. The Morgan fingerprint density at radius 2 is 1.00 bits per heavy atom. The molecule has 1 spiro atoms. The number of fused-ring (bicyclic) bond motifs is 14. The molecule has 0 amide bonds. The molecule has 0 radical (unpaired) electrons. The third-order valence-corrected chi connectivity index (χ3v) is 16.5. The number of hydrogen-bond acceptors (Lipinski definition) is 0. The Bertz CT molecular complexity index is 3670. The molecule has 0 bridgehead atoms. The molecule has 1 unspecified atom stereocenters. The Kier molecular flexibility index (Phi) is 7.28. The lowest BCUT2D eigenvalue weighted by atomic mass is 9.33. The van der Waals surface area contributed by atoms with E-state index in [0.29, 0.717) is 5.92 Å². The van der Waals surface area contributed by atoms with Crippen molar-refractivity contribution >= 4 is 66.7 Å². The highest BCUT2D eigenvalue weighted by molar-refractivity contribution is 7.00. The van der Waals surface area contributed by atoms with E-state index in [0.717, 1.165) is 0 Å². The van der Waals surface area contributed by atoms with Gasteiger partial charge in [0, 0.05) is 44.0 Å². The third-order valence-electron chi connectivity index (χ3n) is 16.5. The maximum atomic E-state index is 2.79. The Balaban J connectivity index is 1.31. The molecule has 9 aromatic rings. The van der Waals surface area contributed by atoms with E-state index in [4.69, 9.17) is 0 Å². The van der Waals surface area contributed by atoms with Crippen molar-refractivity contribution < 1.29 is 0 Å². The maximum absolute atomic E-state index is 2.79. The maximum Gasteiger partial charge on any atom is 0.252 e. The fourth-order valence-electron chi connectivity index (χ4n) is 12.9. The van der Waals surface area contributed by atoms with Gasteiger partial charge in [-0.05, 0) is 142 Å². The quantitative estimate of drug-likeness (QED) is 0.146. The number of rotatable bonds is 1. The Hall–Kier alpha value is -5.80. The zero-order chi connectivity index (χ0) is 45.4. The van der Waals surface area contributed by atoms with Gasteiger partial charge in [-0.25, -0.2) is 0 Å². The molecule has 322 valence electrons. The number of benzene rings is 7. The number of hydrogen-bond donors (Lipinski definition) is 0. The normalized spacial score (nSPS) is 16.9. The summed E-state index contributed by atoms with van der Waals surface area (Å²) in [5.41, 5.74) is 27.2. The van der Waals surface area contributed by atoms with Crippen LogP contribution in [-0.4, -0.2) is 15.8 Å². The molecule has 3 heteroatoms. The van der Waals surface area contributed by atoms with Crippen LogP contribution in [0.4, 0.5) is 0 Å². The molecule has 65 heavy (non-hydrogen) atoms. The van der Waals surface area contributed by atoms with Gasteiger partial charge in [-0.3, -0.25) is 0 Å². The molecule has 3 aliphatic heterocycles. The van der Waals surface area contributed by atoms with Crippen LogP contribution >= 0.6 is 0 Å². The lowest BCUT2D eigenvalue weighted by Crippen LogP contribution is -2.60. The SMILES string of the molecule is CC(C)c1ccc2c(c1)C1(c3ccccc3-2)c2ccc3c4c2-n2c5c(cc(C(C)(C)C)cc5c5cc(C(C)(C)C)cc1c52)B4c1cc(C(C)(C)C)cc2c4cc(C(C)(C)C)ccc4n-3c12. The van der Waals surface area contributed by atoms with Crippen molar-refractivity contribution in [3.05, 3.63) is 159 Å². The monoisotopic (exact) mass is 844 g/mol. The second-order valence-corrected chi connectivity index (χ2v) is 24.8. The van der Waals surface area contributed by atoms with Gasteiger partial charge in [-0.15, -0.1) is 0 Å². The first-order valence-corrected chi connectivity index (χ1v) is 24.3. The molecule has 1 aliphatic carbocycles. The summed E-state index contributed by atoms with van der Waals surface area (Å²) in [4.78, 5) is 0. The number of aromatic nitrogens is 2. The first-order chi connectivity index (χ1) is 30.6. The predicted molar refractivity (Wildman–Crippen MR) is 280 cm³/mol. The molecule has 5 heterocycles. The second-order valence-electron chi connectivity index (χ2n) is 24.8. The van der Waals surface area contributed by atoms with Crippen LogP contribution in [0.25, 0.3) is 66.1 Å². The fraction of sp³-hybridized carbons (Fsp3) is 0.323. The van der Waals surface area contributed by atoms with Gasteiger partial charge in [0.2, 0.25) is 0 Å². The van der Waals surface area contributed by atoms with Gasteiger partial charge in [-0.1, -0.05) is 170 Å². The van der Waals surface area contributed by atoms with Gasteiger partial charge < -0.3 is 9.13 Å². The zero-order valence-corrected chi connectivity index (χ0v) is 40.9. The molecular weight excluding hydrogens is 784 g/mol. The molecule has 2 nitrogen and oxygen atoms in total. The topological polar surface area (TPSA) is 9.86 Å². The van der Waals surface area contributed by atoms with E-state index in [1.54, 1.807) is 0 Å². The fourth-order valence-corrected chi connectivity index (χ4v) is 12.9. The highest BCUT2D eigenvalue weighted by Gasteiger charge is 2.55. The molecule has 4 aliphatic rings. The van der Waals surface area contributed by atoms with Crippen LogP contribution in [0.3, 0.4) is 0 Å². The molecule has 0 saturated heterocycles. The van der Waals surface area contributed by atoms with E-state index in [-0.39, 0.29) is 28.4 Å². The van der Waals surface area contributed by atoms with Gasteiger partial charge in [0.1, 0.15) is 0 Å². The molecule has 7 aromatic carbocycles.